The Bertz CT molecular complexity index is 1480. The second-order valence-corrected chi connectivity index (χ2v) is 8.38. The Hall–Kier alpha value is -3.35. The number of hydrogen-bond acceptors (Lipinski definition) is 4. The van der Waals surface area contributed by atoms with Crippen LogP contribution in [0.4, 0.5) is 5.69 Å². The molecular weight excluding hydrogens is 492 g/mol. The molecular formula is C25H16BrClN2O3. The molecule has 5 aromatic rings. The average molecular weight is 508 g/mol. The quantitative estimate of drug-likeness (QED) is 0.277. The van der Waals surface area contributed by atoms with E-state index in [1.165, 1.54) is 0 Å². The summed E-state index contributed by atoms with van der Waals surface area (Å²) in [4.78, 5) is 17.7. The number of benzene rings is 4. The molecule has 1 heterocycles. The number of oxazole rings is 1. The Balaban J connectivity index is 1.48. The van der Waals surface area contributed by atoms with Gasteiger partial charge in [0.25, 0.3) is 5.91 Å². The molecule has 1 aromatic heterocycles. The van der Waals surface area contributed by atoms with Gasteiger partial charge in [-0.3, -0.25) is 4.79 Å². The van der Waals surface area contributed by atoms with Gasteiger partial charge in [0.15, 0.2) is 5.58 Å². The van der Waals surface area contributed by atoms with Crippen molar-refractivity contribution in [2.24, 2.45) is 0 Å². The van der Waals surface area contributed by atoms with Crippen molar-refractivity contribution in [1.82, 2.24) is 4.98 Å². The average Bonchev–Trinajstić information content (AvgIpc) is 3.23. The number of aromatic nitrogens is 1. The number of carbonyl (C=O) groups excluding carboxylic acids is 1. The lowest BCUT2D eigenvalue weighted by atomic mass is 10.1. The highest BCUT2D eigenvalue weighted by Crippen LogP contribution is 2.37. The van der Waals surface area contributed by atoms with E-state index in [0.717, 1.165) is 20.8 Å². The van der Waals surface area contributed by atoms with E-state index in [-0.39, 0.29) is 5.91 Å². The summed E-state index contributed by atoms with van der Waals surface area (Å²) in [5.41, 5.74) is 3.12. The number of nitrogens with zero attached hydrogens (tertiary/aromatic N) is 1. The van der Waals surface area contributed by atoms with Gasteiger partial charge in [-0.25, -0.2) is 4.98 Å². The Morgan fingerprint density at radius 2 is 1.84 bits per heavy atom. The normalized spacial score (nSPS) is 11.1. The van der Waals surface area contributed by atoms with Gasteiger partial charge in [-0.05, 0) is 75.2 Å². The van der Waals surface area contributed by atoms with Crippen LogP contribution in [-0.2, 0) is 0 Å². The third kappa shape index (κ3) is 3.72. The van der Waals surface area contributed by atoms with Crippen molar-refractivity contribution in [1.29, 1.82) is 0 Å². The van der Waals surface area contributed by atoms with Gasteiger partial charge in [0, 0.05) is 16.3 Å². The Morgan fingerprint density at radius 1 is 1.06 bits per heavy atom. The highest BCUT2D eigenvalue weighted by atomic mass is 79.9. The number of carbonyl (C=O) groups is 1. The maximum Gasteiger partial charge on any atom is 0.259 e. The largest absolute Gasteiger partial charge is 0.495 e. The molecule has 4 aromatic carbocycles. The Morgan fingerprint density at radius 3 is 2.62 bits per heavy atom. The lowest BCUT2D eigenvalue weighted by Gasteiger charge is -2.13. The molecule has 158 valence electrons. The van der Waals surface area contributed by atoms with E-state index in [1.807, 2.05) is 42.5 Å². The number of halogens is 2. The zero-order valence-electron chi connectivity index (χ0n) is 16.9. The number of methoxy groups -OCH3 is 1. The van der Waals surface area contributed by atoms with Crippen LogP contribution in [0.25, 0.3) is 33.3 Å². The van der Waals surface area contributed by atoms with Gasteiger partial charge in [-0.15, -0.1) is 0 Å². The summed E-state index contributed by atoms with van der Waals surface area (Å²) >= 11 is 9.53. The number of hydrogen-bond donors (Lipinski definition) is 1. The molecule has 5 rings (SSSR count). The summed E-state index contributed by atoms with van der Waals surface area (Å²) in [6.07, 6.45) is 0. The summed E-state index contributed by atoms with van der Waals surface area (Å²) in [6, 6.07) is 22.2. The van der Waals surface area contributed by atoms with Gasteiger partial charge in [0.1, 0.15) is 11.3 Å². The minimum absolute atomic E-state index is 0.283. The number of fused-ring (bicyclic) bond motifs is 2. The molecule has 0 aliphatic heterocycles. The van der Waals surface area contributed by atoms with E-state index in [4.69, 9.17) is 20.8 Å². The maximum atomic E-state index is 13.1. The highest BCUT2D eigenvalue weighted by Gasteiger charge is 2.19. The van der Waals surface area contributed by atoms with Crippen LogP contribution in [0.3, 0.4) is 0 Å². The Kier molecular flexibility index (Phi) is 5.33. The van der Waals surface area contributed by atoms with Crippen molar-refractivity contribution in [2.75, 3.05) is 12.4 Å². The van der Waals surface area contributed by atoms with Gasteiger partial charge in [-0.1, -0.05) is 35.9 Å². The monoisotopic (exact) mass is 506 g/mol. The van der Waals surface area contributed by atoms with Crippen LogP contribution in [0.5, 0.6) is 5.75 Å². The minimum Gasteiger partial charge on any atom is -0.495 e. The van der Waals surface area contributed by atoms with Crippen LogP contribution in [0.15, 0.2) is 81.7 Å². The number of rotatable bonds is 4. The fourth-order valence-corrected chi connectivity index (χ4v) is 4.43. The molecule has 5 nitrogen and oxygen atoms in total. The van der Waals surface area contributed by atoms with Gasteiger partial charge in [-0.2, -0.15) is 0 Å². The molecule has 0 fully saturated rings. The molecule has 0 spiro atoms. The van der Waals surface area contributed by atoms with Crippen LogP contribution in [0.2, 0.25) is 5.02 Å². The number of ether oxygens (including phenoxy) is 1. The maximum absolute atomic E-state index is 13.1. The van der Waals surface area contributed by atoms with E-state index in [1.54, 1.807) is 37.4 Å². The molecule has 0 atom stereocenters. The van der Waals surface area contributed by atoms with Crippen molar-refractivity contribution in [3.05, 3.63) is 87.9 Å². The first kappa shape index (κ1) is 20.5. The van der Waals surface area contributed by atoms with E-state index in [2.05, 4.69) is 26.2 Å². The van der Waals surface area contributed by atoms with Crippen LogP contribution in [0.1, 0.15) is 10.4 Å². The third-order valence-electron chi connectivity index (χ3n) is 5.13. The number of amides is 1. The SMILES string of the molecule is COc1c(C(=O)Nc2ccc3oc(-c4ccc(Cl)cc4)nc3c2)cc2ccccc2c1Br. The lowest BCUT2D eigenvalue weighted by Crippen LogP contribution is -2.13. The van der Waals surface area contributed by atoms with Gasteiger partial charge in [0.05, 0.1) is 17.1 Å². The summed E-state index contributed by atoms with van der Waals surface area (Å²) in [5.74, 6) is 0.683. The fourth-order valence-electron chi connectivity index (χ4n) is 3.57. The predicted octanol–water partition coefficient (Wildman–Crippen LogP) is 7.32. The zero-order valence-corrected chi connectivity index (χ0v) is 19.2. The summed E-state index contributed by atoms with van der Waals surface area (Å²) in [7, 11) is 1.55. The van der Waals surface area contributed by atoms with Crippen molar-refractivity contribution in [2.45, 2.75) is 0 Å². The van der Waals surface area contributed by atoms with E-state index < -0.39 is 0 Å². The molecule has 0 radical (unpaired) electrons. The number of nitrogens with one attached hydrogen (secondary N) is 1. The van der Waals surface area contributed by atoms with Crippen LogP contribution in [0, 0.1) is 0 Å². The highest BCUT2D eigenvalue weighted by molar-refractivity contribution is 9.10. The molecule has 7 heteroatoms. The van der Waals surface area contributed by atoms with Gasteiger partial charge < -0.3 is 14.5 Å². The summed E-state index contributed by atoms with van der Waals surface area (Å²) in [5, 5.41) is 5.49. The predicted molar refractivity (Wildman–Crippen MR) is 131 cm³/mol. The van der Waals surface area contributed by atoms with E-state index in [0.29, 0.717) is 39.0 Å². The molecule has 0 aliphatic carbocycles. The van der Waals surface area contributed by atoms with E-state index >= 15 is 0 Å². The smallest absolute Gasteiger partial charge is 0.259 e. The molecule has 1 N–H and O–H groups in total. The van der Waals surface area contributed by atoms with E-state index in [9.17, 15) is 4.79 Å². The molecule has 0 saturated carbocycles. The Labute approximate surface area is 197 Å². The zero-order chi connectivity index (χ0) is 22.2. The molecule has 0 saturated heterocycles. The first-order chi connectivity index (χ1) is 15.5. The molecule has 1 amide bonds. The topological polar surface area (TPSA) is 64.4 Å². The van der Waals surface area contributed by atoms with Crippen molar-refractivity contribution in [3.8, 4) is 17.2 Å². The van der Waals surface area contributed by atoms with Crippen molar-refractivity contribution >= 4 is 61.0 Å². The lowest BCUT2D eigenvalue weighted by molar-refractivity contribution is 0.102. The van der Waals surface area contributed by atoms with Gasteiger partial charge >= 0.3 is 0 Å². The van der Waals surface area contributed by atoms with Crippen molar-refractivity contribution in [3.63, 3.8) is 0 Å². The van der Waals surface area contributed by atoms with Crippen LogP contribution >= 0.6 is 27.5 Å². The second kappa shape index (κ2) is 8.30. The standard InChI is InChI=1S/C25H16BrClN2O3/c1-31-23-19(12-15-4-2-3-5-18(15)22(23)26)24(30)28-17-10-11-21-20(13-17)29-25(32-21)14-6-8-16(27)9-7-14/h2-13H,1H3,(H,28,30). The van der Waals surface area contributed by atoms with Crippen LogP contribution in [-0.4, -0.2) is 18.0 Å². The molecule has 32 heavy (non-hydrogen) atoms. The van der Waals surface area contributed by atoms with Crippen LogP contribution < -0.4 is 10.1 Å². The first-order valence-corrected chi connectivity index (χ1v) is 10.9. The van der Waals surface area contributed by atoms with Gasteiger partial charge in [0.2, 0.25) is 5.89 Å². The molecule has 0 bridgehead atoms. The minimum atomic E-state index is -0.283. The van der Waals surface area contributed by atoms with Crippen molar-refractivity contribution < 1.29 is 13.9 Å². The molecule has 0 aliphatic rings. The fraction of sp³-hybridized carbons (Fsp3) is 0.0400. The summed E-state index contributed by atoms with van der Waals surface area (Å²) in [6.45, 7) is 0. The first-order valence-electron chi connectivity index (χ1n) is 9.76. The third-order valence-corrected chi connectivity index (χ3v) is 6.17. The number of anilines is 1. The second-order valence-electron chi connectivity index (χ2n) is 7.16. The molecule has 0 unspecified atom stereocenters. The summed E-state index contributed by atoms with van der Waals surface area (Å²) < 4.78 is 12.1.